The second kappa shape index (κ2) is 5.93. The molecule has 0 aliphatic heterocycles. The van der Waals surface area contributed by atoms with Crippen molar-refractivity contribution in [3.63, 3.8) is 0 Å². The third-order valence-electron chi connectivity index (χ3n) is 2.98. The normalized spacial score (nSPS) is 10.1. The third kappa shape index (κ3) is 2.91. The zero-order valence-electron chi connectivity index (χ0n) is 11.2. The van der Waals surface area contributed by atoms with E-state index in [1.165, 1.54) is 0 Å². The molecular formula is C15H13BrN2O2. The van der Waals surface area contributed by atoms with Crippen LogP contribution in [-0.2, 0) is 6.54 Å². The van der Waals surface area contributed by atoms with Gasteiger partial charge in [-0.2, -0.15) is 5.26 Å². The lowest BCUT2D eigenvalue weighted by Crippen LogP contribution is -2.22. The number of pyridine rings is 1. The summed E-state index contributed by atoms with van der Waals surface area (Å²) in [5, 5.41) is 8.97. The molecule has 5 heteroatoms. The van der Waals surface area contributed by atoms with Crippen molar-refractivity contribution < 1.29 is 4.74 Å². The smallest absolute Gasteiger partial charge is 0.253 e. The van der Waals surface area contributed by atoms with E-state index in [1.807, 2.05) is 0 Å². The predicted octanol–water partition coefficient (Wildman–Crippen LogP) is 2.85. The fourth-order valence-electron chi connectivity index (χ4n) is 2.01. The van der Waals surface area contributed by atoms with Gasteiger partial charge in [-0.15, -0.1) is 0 Å². The van der Waals surface area contributed by atoms with Crippen LogP contribution in [0.3, 0.4) is 0 Å². The van der Waals surface area contributed by atoms with Crippen LogP contribution in [0.5, 0.6) is 5.75 Å². The summed E-state index contributed by atoms with van der Waals surface area (Å²) in [5.74, 6) is 0.661. The Balaban J connectivity index is 2.50. The minimum Gasteiger partial charge on any atom is -0.496 e. The number of aromatic nitrogens is 1. The lowest BCUT2D eigenvalue weighted by Gasteiger charge is -2.12. The molecule has 20 heavy (non-hydrogen) atoms. The Morgan fingerprint density at radius 3 is 2.80 bits per heavy atom. The molecule has 0 spiro atoms. The minimum atomic E-state index is -0.0578. The van der Waals surface area contributed by atoms with E-state index in [0.717, 1.165) is 10.0 Å². The zero-order chi connectivity index (χ0) is 14.7. The van der Waals surface area contributed by atoms with E-state index < -0.39 is 0 Å². The highest BCUT2D eigenvalue weighted by molar-refractivity contribution is 9.10. The van der Waals surface area contributed by atoms with Crippen molar-refractivity contribution in [1.29, 1.82) is 5.26 Å². The molecule has 4 nitrogen and oxygen atoms in total. The molecule has 0 saturated carbocycles. The summed E-state index contributed by atoms with van der Waals surface area (Å²) in [7, 11) is 1.57. The average Bonchev–Trinajstić information content (AvgIpc) is 2.44. The van der Waals surface area contributed by atoms with Crippen molar-refractivity contribution in [3.05, 3.63) is 62.0 Å². The summed E-state index contributed by atoms with van der Waals surface area (Å²) in [6.45, 7) is 2.13. The molecule has 0 radical (unpaired) electrons. The lowest BCUT2D eigenvalue weighted by atomic mass is 10.1. The van der Waals surface area contributed by atoms with E-state index in [9.17, 15) is 4.79 Å². The van der Waals surface area contributed by atoms with Gasteiger partial charge in [0.05, 0.1) is 25.3 Å². The molecule has 0 aliphatic carbocycles. The van der Waals surface area contributed by atoms with Gasteiger partial charge in [0.2, 0.25) is 0 Å². The summed E-state index contributed by atoms with van der Waals surface area (Å²) >= 11 is 3.38. The molecule has 0 N–H and O–H groups in total. The first kappa shape index (κ1) is 14.4. The molecule has 102 valence electrons. The number of methoxy groups -OCH3 is 1. The van der Waals surface area contributed by atoms with Gasteiger partial charge in [0.1, 0.15) is 5.75 Å². The van der Waals surface area contributed by atoms with Gasteiger partial charge in [-0.25, -0.2) is 0 Å². The molecule has 1 aromatic heterocycles. The number of nitrogens with zero attached hydrogens (tertiary/aromatic N) is 2. The molecule has 0 bridgehead atoms. The maximum atomic E-state index is 12.1. The summed E-state index contributed by atoms with van der Waals surface area (Å²) < 4.78 is 7.71. The van der Waals surface area contributed by atoms with Gasteiger partial charge in [-0.1, -0.05) is 0 Å². The zero-order valence-corrected chi connectivity index (χ0v) is 12.8. The van der Waals surface area contributed by atoms with Gasteiger partial charge in [-0.3, -0.25) is 4.79 Å². The largest absolute Gasteiger partial charge is 0.496 e. The molecule has 0 atom stereocenters. The number of rotatable bonds is 3. The van der Waals surface area contributed by atoms with E-state index >= 15 is 0 Å². The Bertz CT molecular complexity index is 745. The van der Waals surface area contributed by atoms with E-state index in [2.05, 4.69) is 22.0 Å². The maximum absolute atomic E-state index is 12.1. The summed E-state index contributed by atoms with van der Waals surface area (Å²) in [6, 6.07) is 9.04. The second-order valence-corrected chi connectivity index (χ2v) is 5.33. The third-order valence-corrected chi connectivity index (χ3v) is 3.42. The van der Waals surface area contributed by atoms with Crippen molar-refractivity contribution in [1.82, 2.24) is 4.57 Å². The molecule has 0 unspecified atom stereocenters. The number of hydrogen-bond acceptors (Lipinski definition) is 3. The van der Waals surface area contributed by atoms with Crippen molar-refractivity contribution in [2.45, 2.75) is 13.5 Å². The number of ether oxygens (including phenoxy) is 1. The van der Waals surface area contributed by atoms with Crippen molar-refractivity contribution in [2.75, 3.05) is 7.11 Å². The number of aryl methyl sites for hydroxylation is 1. The van der Waals surface area contributed by atoms with Crippen LogP contribution in [0.1, 0.15) is 16.7 Å². The monoisotopic (exact) mass is 332 g/mol. The Morgan fingerprint density at radius 1 is 1.40 bits per heavy atom. The molecule has 2 aromatic rings. The number of halogens is 1. The van der Waals surface area contributed by atoms with Crippen LogP contribution in [-0.4, -0.2) is 11.7 Å². The summed E-state index contributed by atoms with van der Waals surface area (Å²) in [5.41, 5.74) is 1.94. The lowest BCUT2D eigenvalue weighted by molar-refractivity contribution is 0.408. The second-order valence-electron chi connectivity index (χ2n) is 4.41. The van der Waals surface area contributed by atoms with Gasteiger partial charge in [0, 0.05) is 21.8 Å². The fraction of sp³-hybridized carbons (Fsp3) is 0.200. The highest BCUT2D eigenvalue weighted by Gasteiger charge is 2.08. The molecule has 0 fully saturated rings. The van der Waals surface area contributed by atoms with Crippen molar-refractivity contribution >= 4 is 15.9 Å². The van der Waals surface area contributed by atoms with Crippen molar-refractivity contribution in [3.8, 4) is 11.8 Å². The molecule has 1 heterocycles. The Hall–Kier alpha value is -2.06. The number of hydrogen-bond donors (Lipinski definition) is 0. The first-order valence-corrected chi connectivity index (χ1v) is 6.78. The average molecular weight is 333 g/mol. The summed E-state index contributed by atoms with van der Waals surface area (Å²) in [4.78, 5) is 12.1. The van der Waals surface area contributed by atoms with Crippen molar-refractivity contribution in [2.24, 2.45) is 0 Å². The van der Waals surface area contributed by atoms with Crippen LogP contribution >= 0.6 is 15.9 Å². The molecule has 0 aliphatic rings. The molecule has 1 aromatic carbocycles. The number of benzene rings is 1. The molecule has 0 amide bonds. The van der Waals surface area contributed by atoms with E-state index in [-0.39, 0.29) is 5.56 Å². The van der Waals surface area contributed by atoms with Crippen LogP contribution in [0.25, 0.3) is 0 Å². The van der Waals surface area contributed by atoms with Gasteiger partial charge in [0.15, 0.2) is 0 Å². The van der Waals surface area contributed by atoms with E-state index in [4.69, 9.17) is 10.00 Å². The molecular weight excluding hydrogens is 320 g/mol. The van der Waals surface area contributed by atoms with Crippen LogP contribution in [0, 0.1) is 18.3 Å². The van der Waals surface area contributed by atoms with Crippen LogP contribution in [0.2, 0.25) is 0 Å². The molecule has 2 rings (SSSR count). The standard InChI is InChI=1S/C15H13BrN2O2/c1-10-5-13(16)9-18(15(10)19)8-12-6-11(7-17)3-4-14(12)20-2/h3-6,9H,8H2,1-2H3. The van der Waals surface area contributed by atoms with Crippen LogP contribution < -0.4 is 10.3 Å². The topological polar surface area (TPSA) is 55.0 Å². The Kier molecular flexibility index (Phi) is 4.26. The first-order valence-electron chi connectivity index (χ1n) is 5.98. The Morgan fingerprint density at radius 2 is 2.15 bits per heavy atom. The van der Waals surface area contributed by atoms with Gasteiger partial charge >= 0.3 is 0 Å². The van der Waals surface area contributed by atoms with E-state index in [0.29, 0.717) is 23.4 Å². The van der Waals surface area contributed by atoms with Gasteiger partial charge in [0.25, 0.3) is 5.56 Å². The Labute approximate surface area is 125 Å². The maximum Gasteiger partial charge on any atom is 0.253 e. The molecule has 0 saturated heterocycles. The quantitative estimate of drug-likeness (QED) is 0.868. The van der Waals surface area contributed by atoms with Gasteiger partial charge < -0.3 is 9.30 Å². The van der Waals surface area contributed by atoms with E-state index in [1.54, 1.807) is 49.1 Å². The number of nitriles is 1. The minimum absolute atomic E-state index is 0.0578. The SMILES string of the molecule is COc1ccc(C#N)cc1Cn1cc(Br)cc(C)c1=O. The van der Waals surface area contributed by atoms with Gasteiger partial charge in [-0.05, 0) is 47.1 Å². The highest BCUT2D eigenvalue weighted by Crippen LogP contribution is 2.21. The van der Waals surface area contributed by atoms with Crippen LogP contribution in [0.15, 0.2) is 39.7 Å². The summed E-state index contributed by atoms with van der Waals surface area (Å²) in [6.07, 6.45) is 1.73. The fourth-order valence-corrected chi connectivity index (χ4v) is 2.60. The highest BCUT2D eigenvalue weighted by atomic mass is 79.9. The predicted molar refractivity (Wildman–Crippen MR) is 80.0 cm³/mol. The first-order chi connectivity index (χ1) is 9.55. The van der Waals surface area contributed by atoms with Crippen LogP contribution in [0.4, 0.5) is 0 Å².